The summed E-state index contributed by atoms with van der Waals surface area (Å²) < 4.78 is 6.99. The number of thiazole rings is 1. The van der Waals surface area contributed by atoms with Crippen molar-refractivity contribution >= 4 is 51.2 Å². The number of amides is 3. The van der Waals surface area contributed by atoms with Crippen LogP contribution in [0.2, 0.25) is 0 Å². The number of urea groups is 1. The highest BCUT2D eigenvalue weighted by molar-refractivity contribution is 8.01. The molecule has 3 amide bonds. The number of ether oxygens (including phenoxy) is 1. The van der Waals surface area contributed by atoms with Gasteiger partial charge in [0.25, 0.3) is 5.91 Å². The van der Waals surface area contributed by atoms with Crippen LogP contribution in [0.15, 0.2) is 28.6 Å². The lowest BCUT2D eigenvalue weighted by molar-refractivity contribution is -0.148. The second-order valence-electron chi connectivity index (χ2n) is 5.72. The highest BCUT2D eigenvalue weighted by Gasteiger charge is 2.11. The molecule has 1 aromatic carbocycles. The van der Waals surface area contributed by atoms with Crippen LogP contribution in [0.1, 0.15) is 32.6 Å². The van der Waals surface area contributed by atoms with Gasteiger partial charge in [0, 0.05) is 18.7 Å². The largest absolute Gasteiger partial charge is 0.456 e. The Balaban J connectivity index is 1.56. The van der Waals surface area contributed by atoms with Crippen LogP contribution in [0.4, 0.5) is 4.79 Å². The number of carbonyl (C=O) groups excluding carboxylic acids is 3. The molecule has 0 atom stereocenters. The number of fused-ring (bicyclic) bond motifs is 1. The fourth-order valence-electron chi connectivity index (χ4n) is 2.09. The Hall–Kier alpha value is -2.13. The van der Waals surface area contributed by atoms with Gasteiger partial charge in [0.2, 0.25) is 0 Å². The van der Waals surface area contributed by atoms with E-state index >= 15 is 0 Å². The fourth-order valence-corrected chi connectivity index (χ4v) is 4.17. The number of imide groups is 1. The van der Waals surface area contributed by atoms with E-state index in [1.807, 2.05) is 31.2 Å². The number of thioether (sulfide) groups is 1. The summed E-state index contributed by atoms with van der Waals surface area (Å²) in [5, 5.41) is 4.67. The van der Waals surface area contributed by atoms with Crippen molar-refractivity contribution in [3.63, 3.8) is 0 Å². The molecule has 0 fully saturated rings. The first-order valence-electron chi connectivity index (χ1n) is 8.80. The molecule has 0 saturated carbocycles. The average molecular weight is 410 g/mol. The van der Waals surface area contributed by atoms with Crippen molar-refractivity contribution in [2.75, 3.05) is 18.9 Å². The van der Waals surface area contributed by atoms with E-state index in [9.17, 15) is 14.4 Å². The molecule has 2 rings (SSSR count). The molecule has 0 aliphatic rings. The number of aromatic nitrogens is 1. The van der Waals surface area contributed by atoms with E-state index in [0.717, 1.165) is 33.2 Å². The van der Waals surface area contributed by atoms with E-state index in [4.69, 9.17) is 4.74 Å². The van der Waals surface area contributed by atoms with Crippen LogP contribution < -0.4 is 10.6 Å². The Morgan fingerprint density at radius 1 is 1.22 bits per heavy atom. The Kier molecular flexibility index (Phi) is 9.06. The molecule has 7 nitrogen and oxygen atoms in total. The normalized spacial score (nSPS) is 10.6. The molecule has 0 saturated heterocycles. The van der Waals surface area contributed by atoms with Gasteiger partial charge in [-0.15, -0.1) is 11.3 Å². The van der Waals surface area contributed by atoms with Crippen molar-refractivity contribution < 1.29 is 19.1 Å². The lowest BCUT2D eigenvalue weighted by atomic mass is 10.3. The smallest absolute Gasteiger partial charge is 0.321 e. The Morgan fingerprint density at radius 2 is 2.04 bits per heavy atom. The molecule has 0 spiro atoms. The number of benzene rings is 1. The zero-order valence-electron chi connectivity index (χ0n) is 15.2. The van der Waals surface area contributed by atoms with E-state index in [0.29, 0.717) is 13.0 Å². The number of unbranched alkanes of at least 4 members (excludes halogenated alkanes) is 1. The second kappa shape index (κ2) is 11.6. The zero-order valence-corrected chi connectivity index (χ0v) is 16.8. The monoisotopic (exact) mass is 409 g/mol. The van der Waals surface area contributed by atoms with Crippen molar-refractivity contribution in [3.8, 4) is 0 Å². The van der Waals surface area contributed by atoms with E-state index < -0.39 is 24.5 Å². The lowest BCUT2D eigenvalue weighted by Gasteiger charge is -2.07. The molecule has 146 valence electrons. The number of carbonyl (C=O) groups is 3. The summed E-state index contributed by atoms with van der Waals surface area (Å²) in [5.41, 5.74) is 0.981. The summed E-state index contributed by atoms with van der Waals surface area (Å²) >= 11 is 3.23. The number of hydrogen-bond donors (Lipinski definition) is 2. The van der Waals surface area contributed by atoms with Gasteiger partial charge in [0.15, 0.2) is 10.9 Å². The van der Waals surface area contributed by atoms with Gasteiger partial charge in [-0.1, -0.05) is 37.2 Å². The SMILES string of the molecule is CCCCNC(=O)NC(=O)COC(=O)CCCSc1nc2ccccc2s1. The van der Waals surface area contributed by atoms with Gasteiger partial charge in [0.1, 0.15) is 0 Å². The molecular weight excluding hydrogens is 386 g/mol. The minimum atomic E-state index is -0.638. The number of nitrogens with one attached hydrogen (secondary N) is 2. The first-order valence-corrected chi connectivity index (χ1v) is 10.6. The molecule has 2 aromatic rings. The molecule has 1 aromatic heterocycles. The molecule has 1 heterocycles. The van der Waals surface area contributed by atoms with Gasteiger partial charge in [0.05, 0.1) is 10.2 Å². The maximum Gasteiger partial charge on any atom is 0.321 e. The fraction of sp³-hybridized carbons (Fsp3) is 0.444. The van der Waals surface area contributed by atoms with Crippen molar-refractivity contribution in [1.29, 1.82) is 0 Å². The van der Waals surface area contributed by atoms with Gasteiger partial charge in [-0.25, -0.2) is 9.78 Å². The minimum absolute atomic E-state index is 0.216. The van der Waals surface area contributed by atoms with Crippen LogP contribution in [0.3, 0.4) is 0 Å². The van der Waals surface area contributed by atoms with Crippen LogP contribution in [0, 0.1) is 0 Å². The Labute approximate surface area is 166 Å². The number of nitrogens with zero attached hydrogens (tertiary/aromatic N) is 1. The zero-order chi connectivity index (χ0) is 19.5. The van der Waals surface area contributed by atoms with Gasteiger partial charge in [-0.05, 0) is 25.0 Å². The number of esters is 1. The summed E-state index contributed by atoms with van der Waals surface area (Å²) in [5.74, 6) is -0.358. The van der Waals surface area contributed by atoms with Crippen LogP contribution in [-0.2, 0) is 14.3 Å². The maximum atomic E-state index is 11.7. The maximum absolute atomic E-state index is 11.7. The molecule has 2 N–H and O–H groups in total. The Morgan fingerprint density at radius 3 is 2.81 bits per heavy atom. The van der Waals surface area contributed by atoms with E-state index in [2.05, 4.69) is 15.6 Å². The van der Waals surface area contributed by atoms with Crippen LogP contribution in [-0.4, -0.2) is 41.8 Å². The summed E-state index contributed by atoms with van der Waals surface area (Å²) in [6.45, 7) is 2.05. The number of para-hydroxylation sites is 1. The van der Waals surface area contributed by atoms with Crippen molar-refractivity contribution in [3.05, 3.63) is 24.3 Å². The molecule has 0 bridgehead atoms. The van der Waals surface area contributed by atoms with Crippen molar-refractivity contribution in [1.82, 2.24) is 15.6 Å². The third kappa shape index (κ3) is 7.96. The first kappa shape index (κ1) is 21.2. The standard InChI is InChI=1S/C18H23N3O4S2/c1-2-3-10-19-17(24)21-15(22)12-25-16(23)9-6-11-26-18-20-13-7-4-5-8-14(13)27-18/h4-5,7-8H,2-3,6,9-12H2,1H3,(H2,19,21,22,24). The summed E-state index contributed by atoms with van der Waals surface area (Å²) in [6, 6.07) is 7.37. The average Bonchev–Trinajstić information content (AvgIpc) is 3.06. The van der Waals surface area contributed by atoms with Gasteiger partial charge < -0.3 is 10.1 Å². The van der Waals surface area contributed by atoms with Gasteiger partial charge in [-0.3, -0.25) is 14.9 Å². The van der Waals surface area contributed by atoms with Crippen molar-refractivity contribution in [2.24, 2.45) is 0 Å². The predicted octanol–water partition coefficient (Wildman–Crippen LogP) is 3.34. The minimum Gasteiger partial charge on any atom is -0.456 e. The molecule has 27 heavy (non-hydrogen) atoms. The summed E-state index contributed by atoms with van der Waals surface area (Å²) in [4.78, 5) is 39.1. The van der Waals surface area contributed by atoms with E-state index in [-0.39, 0.29) is 6.42 Å². The van der Waals surface area contributed by atoms with Crippen molar-refractivity contribution in [2.45, 2.75) is 36.9 Å². The van der Waals surface area contributed by atoms with E-state index in [1.165, 1.54) is 0 Å². The summed E-state index contributed by atoms with van der Waals surface area (Å²) in [7, 11) is 0. The third-order valence-electron chi connectivity index (χ3n) is 3.46. The van der Waals surface area contributed by atoms with E-state index in [1.54, 1.807) is 23.1 Å². The number of rotatable bonds is 10. The topological polar surface area (TPSA) is 97.4 Å². The van der Waals surface area contributed by atoms with Gasteiger partial charge in [-0.2, -0.15) is 0 Å². The highest BCUT2D eigenvalue weighted by Crippen LogP contribution is 2.29. The molecule has 0 radical (unpaired) electrons. The molecule has 0 aliphatic heterocycles. The molecular formula is C18H23N3O4S2. The predicted molar refractivity (Wildman–Crippen MR) is 107 cm³/mol. The first-order chi connectivity index (χ1) is 13.1. The number of hydrogen-bond acceptors (Lipinski definition) is 7. The van der Waals surface area contributed by atoms with Gasteiger partial charge >= 0.3 is 12.0 Å². The molecule has 0 aliphatic carbocycles. The quantitative estimate of drug-likeness (QED) is 0.355. The lowest BCUT2D eigenvalue weighted by Crippen LogP contribution is -2.41. The highest BCUT2D eigenvalue weighted by atomic mass is 32.2. The molecule has 0 unspecified atom stereocenters. The summed E-state index contributed by atoms with van der Waals surface area (Å²) in [6.07, 6.45) is 2.63. The third-order valence-corrected chi connectivity index (χ3v) is 5.72. The molecule has 9 heteroatoms. The van der Waals surface area contributed by atoms with Crippen LogP contribution >= 0.6 is 23.1 Å². The second-order valence-corrected chi connectivity index (χ2v) is 8.09. The van der Waals surface area contributed by atoms with Crippen LogP contribution in [0.5, 0.6) is 0 Å². The Bertz CT molecular complexity index is 746. The van der Waals surface area contributed by atoms with Crippen LogP contribution in [0.25, 0.3) is 10.2 Å².